The van der Waals surface area contributed by atoms with Crippen LogP contribution < -0.4 is 0 Å². The summed E-state index contributed by atoms with van der Waals surface area (Å²) in [6.07, 6.45) is 6.26. The Hall–Kier alpha value is -1.65. The van der Waals surface area contributed by atoms with Crippen LogP contribution in [0.3, 0.4) is 0 Å². The average molecular weight is 296 g/mol. The van der Waals surface area contributed by atoms with Crippen molar-refractivity contribution in [2.45, 2.75) is 5.00 Å². The molecule has 0 saturated heterocycles. The summed E-state index contributed by atoms with van der Waals surface area (Å²) in [4.78, 5) is -1.19. The van der Waals surface area contributed by atoms with E-state index in [2.05, 4.69) is 15.4 Å². The predicted octanol–water partition coefficient (Wildman–Crippen LogP) is 4.47. The molecule has 1 aliphatic rings. The Balaban J connectivity index is 2.28. The first-order valence-corrected chi connectivity index (χ1v) is 6.30. The predicted molar refractivity (Wildman–Crippen MR) is 76.4 cm³/mol. The number of rotatable bonds is 3. The molecule has 0 aliphatic heterocycles. The minimum atomic E-state index is -1.19. The van der Waals surface area contributed by atoms with Crippen molar-refractivity contribution in [2.75, 3.05) is 0 Å². The molecule has 1 aromatic carbocycles. The van der Waals surface area contributed by atoms with Gasteiger partial charge in [-0.1, -0.05) is 47.5 Å². The minimum absolute atomic E-state index is 0.433. The zero-order chi connectivity index (χ0) is 13.7. The van der Waals surface area contributed by atoms with Gasteiger partial charge in [0.1, 0.15) is 0 Å². The van der Waals surface area contributed by atoms with Crippen LogP contribution >= 0.6 is 23.2 Å². The van der Waals surface area contributed by atoms with Gasteiger partial charge in [0.15, 0.2) is 5.00 Å². The lowest BCUT2D eigenvalue weighted by atomic mass is 9.96. The first kappa shape index (κ1) is 13.8. The summed E-state index contributed by atoms with van der Waals surface area (Å²) in [6, 6.07) is 9.21. The lowest BCUT2D eigenvalue weighted by Gasteiger charge is -2.26. The zero-order valence-corrected chi connectivity index (χ0v) is 11.3. The number of azo groups is 1. The molecular formula is C13H11Cl2N3O. The van der Waals surface area contributed by atoms with Gasteiger partial charge < -0.3 is 5.21 Å². The van der Waals surface area contributed by atoms with Gasteiger partial charge in [-0.05, 0) is 24.3 Å². The van der Waals surface area contributed by atoms with Crippen molar-refractivity contribution < 1.29 is 5.21 Å². The first-order valence-electron chi connectivity index (χ1n) is 5.55. The highest BCUT2D eigenvalue weighted by Gasteiger charge is 2.38. The molecule has 1 aromatic rings. The molecule has 98 valence electrons. The highest BCUT2D eigenvalue weighted by atomic mass is 35.5. The third kappa shape index (κ3) is 3.22. The van der Waals surface area contributed by atoms with Crippen molar-refractivity contribution in [2.24, 2.45) is 21.3 Å². The summed E-state index contributed by atoms with van der Waals surface area (Å²) in [5, 5.41) is 20.3. The molecule has 0 amide bonds. The van der Waals surface area contributed by atoms with E-state index >= 15 is 0 Å². The maximum atomic E-state index is 8.68. The van der Waals surface area contributed by atoms with Gasteiger partial charge >= 0.3 is 0 Å². The van der Waals surface area contributed by atoms with E-state index in [0.29, 0.717) is 10.7 Å². The van der Waals surface area contributed by atoms with Gasteiger partial charge in [-0.3, -0.25) is 0 Å². The highest BCUT2D eigenvalue weighted by molar-refractivity contribution is 6.34. The number of hydrogen-bond acceptors (Lipinski definition) is 4. The van der Waals surface area contributed by atoms with Crippen LogP contribution in [0.1, 0.15) is 0 Å². The minimum Gasteiger partial charge on any atom is -0.411 e. The number of alkyl halides is 1. The molecule has 0 heterocycles. The molecule has 2 rings (SSSR count). The van der Waals surface area contributed by atoms with E-state index in [1.807, 2.05) is 30.3 Å². The SMILES string of the molecule is O/N=C\C1C(Cl)=CC=CC1(Cl)/N=N/c1ccccc1. The van der Waals surface area contributed by atoms with E-state index in [0.717, 1.165) is 0 Å². The number of nitrogens with zero attached hydrogens (tertiary/aromatic N) is 3. The second-order valence-corrected chi connectivity index (χ2v) is 4.96. The summed E-state index contributed by atoms with van der Waals surface area (Å²) < 4.78 is 0. The molecular weight excluding hydrogens is 285 g/mol. The normalized spacial score (nSPS) is 27.1. The maximum Gasteiger partial charge on any atom is 0.186 e. The number of allylic oxidation sites excluding steroid dienone is 2. The van der Waals surface area contributed by atoms with Gasteiger partial charge in [-0.2, -0.15) is 10.2 Å². The molecule has 0 aromatic heterocycles. The molecule has 1 N–H and O–H groups in total. The van der Waals surface area contributed by atoms with E-state index in [-0.39, 0.29) is 0 Å². The Morgan fingerprint density at radius 3 is 2.68 bits per heavy atom. The van der Waals surface area contributed by atoms with Crippen LogP contribution in [0.4, 0.5) is 5.69 Å². The van der Waals surface area contributed by atoms with E-state index in [4.69, 9.17) is 28.4 Å². The van der Waals surface area contributed by atoms with Crippen LogP contribution in [0.25, 0.3) is 0 Å². The number of hydrogen-bond donors (Lipinski definition) is 1. The van der Waals surface area contributed by atoms with Crippen LogP contribution in [-0.2, 0) is 0 Å². The fourth-order valence-electron chi connectivity index (χ4n) is 1.64. The zero-order valence-electron chi connectivity index (χ0n) is 9.82. The van der Waals surface area contributed by atoms with Crippen LogP contribution in [0.15, 0.2) is 69.0 Å². The van der Waals surface area contributed by atoms with Crippen molar-refractivity contribution in [3.8, 4) is 0 Å². The number of benzene rings is 1. The van der Waals surface area contributed by atoms with Gasteiger partial charge in [0.05, 0.1) is 17.8 Å². The van der Waals surface area contributed by atoms with E-state index in [9.17, 15) is 0 Å². The second kappa shape index (κ2) is 5.99. The number of oxime groups is 1. The molecule has 2 atom stereocenters. The van der Waals surface area contributed by atoms with Gasteiger partial charge in [0.25, 0.3) is 0 Å². The van der Waals surface area contributed by atoms with Crippen LogP contribution in [0.5, 0.6) is 0 Å². The second-order valence-electron chi connectivity index (χ2n) is 3.92. The summed E-state index contributed by atoms with van der Waals surface area (Å²) in [5.41, 5.74) is 0.682. The van der Waals surface area contributed by atoms with Crippen LogP contribution in [-0.4, -0.2) is 16.4 Å². The van der Waals surface area contributed by atoms with Crippen molar-refractivity contribution >= 4 is 35.1 Å². The molecule has 6 heteroatoms. The lowest BCUT2D eigenvalue weighted by Crippen LogP contribution is -2.30. The molecule has 0 spiro atoms. The molecule has 0 bridgehead atoms. The third-order valence-corrected chi connectivity index (χ3v) is 3.41. The fraction of sp³-hybridized carbons (Fsp3) is 0.154. The standard InChI is InChI=1S/C13H11Cl2N3O/c14-12-7-4-8-13(15,11(12)9-16-19)18-17-10-5-2-1-3-6-10/h1-9,11,19H/b16-9-,18-17+. The third-order valence-electron chi connectivity index (χ3n) is 2.61. The van der Waals surface area contributed by atoms with Crippen LogP contribution in [0, 0.1) is 5.92 Å². The van der Waals surface area contributed by atoms with E-state index in [1.165, 1.54) is 6.21 Å². The van der Waals surface area contributed by atoms with Crippen LogP contribution in [0.2, 0.25) is 0 Å². The molecule has 2 unspecified atom stereocenters. The van der Waals surface area contributed by atoms with E-state index < -0.39 is 10.9 Å². The molecule has 0 saturated carbocycles. The van der Waals surface area contributed by atoms with Crippen molar-refractivity contribution in [1.29, 1.82) is 0 Å². The molecule has 0 radical (unpaired) electrons. The Labute approximate surface area is 120 Å². The molecule has 4 nitrogen and oxygen atoms in total. The summed E-state index contributed by atoms with van der Waals surface area (Å²) in [7, 11) is 0. The Kier molecular flexibility index (Phi) is 4.35. The van der Waals surface area contributed by atoms with Gasteiger partial charge in [-0.25, -0.2) is 0 Å². The molecule has 1 aliphatic carbocycles. The largest absolute Gasteiger partial charge is 0.411 e. The maximum absolute atomic E-state index is 8.68. The van der Waals surface area contributed by atoms with Gasteiger partial charge in [0.2, 0.25) is 0 Å². The summed E-state index contributed by atoms with van der Waals surface area (Å²) in [6.45, 7) is 0. The molecule has 19 heavy (non-hydrogen) atoms. The fourth-order valence-corrected chi connectivity index (χ4v) is 2.28. The Bertz CT molecular complexity index is 554. The van der Waals surface area contributed by atoms with Crippen molar-refractivity contribution in [1.82, 2.24) is 0 Å². The van der Waals surface area contributed by atoms with Gasteiger partial charge in [0, 0.05) is 5.03 Å². The molecule has 0 fully saturated rings. The quantitative estimate of drug-likeness (QED) is 0.219. The summed E-state index contributed by atoms with van der Waals surface area (Å²) in [5.74, 6) is -0.557. The Morgan fingerprint density at radius 1 is 1.26 bits per heavy atom. The van der Waals surface area contributed by atoms with E-state index in [1.54, 1.807) is 18.2 Å². The Morgan fingerprint density at radius 2 is 2.00 bits per heavy atom. The first-order chi connectivity index (χ1) is 9.15. The number of halogens is 2. The highest BCUT2D eigenvalue weighted by Crippen LogP contribution is 2.38. The monoisotopic (exact) mass is 295 g/mol. The lowest BCUT2D eigenvalue weighted by molar-refractivity contribution is 0.318. The van der Waals surface area contributed by atoms with Gasteiger partial charge in [-0.15, -0.1) is 5.16 Å². The smallest absolute Gasteiger partial charge is 0.186 e. The summed E-state index contributed by atoms with van der Waals surface area (Å²) >= 11 is 12.4. The average Bonchev–Trinajstić information content (AvgIpc) is 2.42. The van der Waals surface area contributed by atoms with Crippen molar-refractivity contribution in [3.05, 3.63) is 53.6 Å². The topological polar surface area (TPSA) is 57.3 Å². The van der Waals surface area contributed by atoms with Crippen molar-refractivity contribution in [3.63, 3.8) is 0 Å².